The van der Waals surface area contributed by atoms with Gasteiger partial charge in [-0.2, -0.15) is 0 Å². The van der Waals surface area contributed by atoms with Crippen molar-refractivity contribution in [2.24, 2.45) is 0 Å². The van der Waals surface area contributed by atoms with Gasteiger partial charge in [-0.3, -0.25) is 0 Å². The van der Waals surface area contributed by atoms with E-state index < -0.39 is 18.4 Å². The summed E-state index contributed by atoms with van der Waals surface area (Å²) in [5.41, 5.74) is -0.273. The lowest BCUT2D eigenvalue weighted by molar-refractivity contribution is -0.175. The number of esters is 1. The molecule has 0 radical (unpaired) electrons. The third kappa shape index (κ3) is 3.97. The molecule has 0 spiro atoms. The van der Waals surface area contributed by atoms with Gasteiger partial charge in [0.25, 0.3) is 0 Å². The van der Waals surface area contributed by atoms with Crippen LogP contribution in [0.4, 0.5) is 0 Å². The number of benzene rings is 2. The summed E-state index contributed by atoms with van der Waals surface area (Å²) >= 11 is 0. The Morgan fingerprint density at radius 2 is 1.65 bits per heavy atom. The van der Waals surface area contributed by atoms with Crippen molar-refractivity contribution >= 4 is 5.97 Å². The first-order valence-corrected chi connectivity index (χ1v) is 9.09. The minimum Gasteiger partial charge on any atom is -0.460 e. The molecule has 1 N–H and O–H groups in total. The fraction of sp³-hybridized carbons (Fsp3) is 0.409. The number of piperidine rings is 1. The van der Waals surface area contributed by atoms with E-state index in [-0.39, 0.29) is 19.1 Å². The fourth-order valence-electron chi connectivity index (χ4n) is 3.33. The van der Waals surface area contributed by atoms with Gasteiger partial charge in [0, 0.05) is 10.7 Å². The molecule has 0 unspecified atom stereocenters. The molecule has 3 rings (SSSR count). The number of hydrogen-bond donors (Lipinski definition) is 1. The second-order valence-electron chi connectivity index (χ2n) is 6.37. The summed E-state index contributed by atoms with van der Waals surface area (Å²) in [4.78, 5) is 13.6. The molecule has 1 saturated heterocycles. The van der Waals surface area contributed by atoms with Crippen molar-refractivity contribution in [3.05, 3.63) is 71.8 Å². The first-order valence-electron chi connectivity index (χ1n) is 10.6. The number of carbonyl (C=O) groups excluding carboxylic acids is 1. The molecule has 2 aromatic carbocycles. The second kappa shape index (κ2) is 8.97. The van der Waals surface area contributed by atoms with E-state index in [0.717, 1.165) is 25.9 Å². The highest BCUT2D eigenvalue weighted by Crippen LogP contribution is 2.36. The van der Waals surface area contributed by atoms with Crippen LogP contribution in [0, 0.1) is 0 Å². The van der Waals surface area contributed by atoms with Crippen molar-refractivity contribution in [2.45, 2.75) is 37.8 Å². The van der Waals surface area contributed by atoms with Gasteiger partial charge in [0.1, 0.15) is 6.10 Å². The van der Waals surface area contributed by atoms with Gasteiger partial charge in [-0.25, -0.2) is 4.79 Å². The van der Waals surface area contributed by atoms with Gasteiger partial charge in [-0.1, -0.05) is 67.5 Å². The molecule has 0 aliphatic carbocycles. The van der Waals surface area contributed by atoms with Crippen LogP contribution in [0.15, 0.2) is 60.7 Å². The molecular formula is C22H27NO3. The predicted molar refractivity (Wildman–Crippen MR) is 102 cm³/mol. The van der Waals surface area contributed by atoms with Gasteiger partial charge >= 0.3 is 5.97 Å². The Bertz CT molecular complexity index is 735. The van der Waals surface area contributed by atoms with Gasteiger partial charge in [-0.15, -0.1) is 0 Å². The molecule has 0 aromatic heterocycles. The van der Waals surface area contributed by atoms with Gasteiger partial charge in [0.05, 0.1) is 0 Å². The van der Waals surface area contributed by atoms with Crippen LogP contribution in [0.3, 0.4) is 0 Å². The summed E-state index contributed by atoms with van der Waals surface area (Å²) in [6.07, 6.45) is 1.12. The average Bonchev–Trinajstić information content (AvgIpc) is 2.72. The van der Waals surface area contributed by atoms with Crippen molar-refractivity contribution in [1.82, 2.24) is 5.32 Å². The first-order chi connectivity index (χ1) is 13.9. The summed E-state index contributed by atoms with van der Waals surface area (Å²) in [6, 6.07) is 18.3. The Morgan fingerprint density at radius 1 is 1.08 bits per heavy atom. The van der Waals surface area contributed by atoms with E-state index in [9.17, 15) is 4.79 Å². The molecule has 0 amide bonds. The zero-order valence-electron chi connectivity index (χ0n) is 17.8. The van der Waals surface area contributed by atoms with Crippen molar-refractivity contribution in [3.63, 3.8) is 0 Å². The third-order valence-electron chi connectivity index (χ3n) is 4.63. The van der Waals surface area contributed by atoms with E-state index in [4.69, 9.17) is 13.6 Å². The largest absolute Gasteiger partial charge is 0.460 e. The molecule has 1 fully saturated rings. The van der Waals surface area contributed by atoms with E-state index in [2.05, 4.69) is 5.32 Å². The Morgan fingerprint density at radius 3 is 2.19 bits per heavy atom. The zero-order valence-corrected chi connectivity index (χ0v) is 14.8. The lowest BCUT2D eigenvalue weighted by atomic mass is 9.85. The van der Waals surface area contributed by atoms with Gasteiger partial charge in [0.2, 0.25) is 5.60 Å². The molecule has 1 heterocycles. The average molecular weight is 356 g/mol. The first kappa shape index (κ1) is 14.9. The number of rotatable bonds is 7. The van der Waals surface area contributed by atoms with E-state index in [1.807, 2.05) is 60.7 Å². The molecule has 138 valence electrons. The van der Waals surface area contributed by atoms with E-state index in [1.165, 1.54) is 0 Å². The number of carbonyl (C=O) groups is 1. The fourth-order valence-corrected chi connectivity index (χ4v) is 3.33. The summed E-state index contributed by atoms with van der Waals surface area (Å²) in [5.74, 6) is -0.507. The zero-order chi connectivity index (χ0) is 20.7. The van der Waals surface area contributed by atoms with E-state index >= 15 is 0 Å². The predicted octanol–water partition coefficient (Wildman–Crippen LogP) is 3.65. The molecular weight excluding hydrogens is 326 g/mol. The lowest BCUT2D eigenvalue weighted by Gasteiger charge is -2.35. The van der Waals surface area contributed by atoms with Crippen LogP contribution in [-0.2, 0) is 19.9 Å². The smallest absolute Gasteiger partial charge is 0.348 e. The second-order valence-corrected chi connectivity index (χ2v) is 6.37. The molecule has 0 bridgehead atoms. The van der Waals surface area contributed by atoms with E-state index in [1.54, 1.807) is 0 Å². The SMILES string of the molecule is [2H]C([2H])([2H])CCOC(C(=O)OC1CCNCC1)(c1ccccc1)c1ccccc1. The Kier molecular flexibility index (Phi) is 5.15. The number of hydrogen-bond acceptors (Lipinski definition) is 4. The maximum atomic E-state index is 13.6. The summed E-state index contributed by atoms with van der Waals surface area (Å²) in [7, 11) is 0. The van der Waals surface area contributed by atoms with Crippen molar-refractivity contribution in [1.29, 1.82) is 0 Å². The summed E-state index contributed by atoms with van der Waals surface area (Å²) in [6.45, 7) is -0.650. The van der Waals surface area contributed by atoms with Crippen LogP contribution >= 0.6 is 0 Å². The third-order valence-corrected chi connectivity index (χ3v) is 4.63. The van der Waals surface area contributed by atoms with Gasteiger partial charge in [-0.05, 0) is 43.5 Å². The topological polar surface area (TPSA) is 47.6 Å². The standard InChI is InChI=1S/C22H27NO3/c1-2-17-25-22(18-9-5-3-6-10-18,19-11-7-4-8-12-19)21(24)26-20-13-15-23-16-14-20/h3-12,20,23H,2,13-17H2,1H3/i1D3. The molecule has 1 aliphatic heterocycles. The molecule has 26 heavy (non-hydrogen) atoms. The molecule has 4 nitrogen and oxygen atoms in total. The Labute approximate surface area is 159 Å². The monoisotopic (exact) mass is 356 g/mol. The van der Waals surface area contributed by atoms with Crippen molar-refractivity contribution in [3.8, 4) is 0 Å². The Hall–Kier alpha value is -2.17. The highest BCUT2D eigenvalue weighted by Gasteiger charge is 2.45. The van der Waals surface area contributed by atoms with Crippen LogP contribution in [0.5, 0.6) is 0 Å². The van der Waals surface area contributed by atoms with Crippen molar-refractivity contribution < 1.29 is 18.4 Å². The minimum absolute atomic E-state index is 0.0956. The molecule has 0 atom stereocenters. The molecule has 1 aliphatic rings. The van der Waals surface area contributed by atoms with Crippen molar-refractivity contribution in [2.75, 3.05) is 19.7 Å². The maximum Gasteiger partial charge on any atom is 0.348 e. The van der Waals surface area contributed by atoms with Crippen LogP contribution in [0.1, 0.15) is 41.4 Å². The quantitative estimate of drug-likeness (QED) is 0.769. The van der Waals surface area contributed by atoms with Crippen LogP contribution in [0.25, 0.3) is 0 Å². The summed E-state index contributed by atoms with van der Waals surface area (Å²) in [5, 5.41) is 3.26. The summed E-state index contributed by atoms with van der Waals surface area (Å²) < 4.78 is 34.5. The maximum absolute atomic E-state index is 13.6. The highest BCUT2D eigenvalue weighted by atomic mass is 16.6. The highest BCUT2D eigenvalue weighted by molar-refractivity contribution is 5.86. The number of nitrogens with one attached hydrogen (secondary N) is 1. The molecule has 2 aromatic rings. The lowest BCUT2D eigenvalue weighted by Crippen LogP contribution is -2.45. The Balaban J connectivity index is 1.99. The van der Waals surface area contributed by atoms with Crippen LogP contribution in [0.2, 0.25) is 0 Å². The number of ether oxygens (including phenoxy) is 2. The van der Waals surface area contributed by atoms with Gasteiger partial charge < -0.3 is 14.8 Å². The minimum atomic E-state index is -2.14. The van der Waals surface area contributed by atoms with Crippen LogP contribution in [-0.4, -0.2) is 31.8 Å². The molecule has 4 heteroatoms. The van der Waals surface area contributed by atoms with Gasteiger partial charge in [0.15, 0.2) is 0 Å². The molecule has 0 saturated carbocycles. The van der Waals surface area contributed by atoms with Crippen LogP contribution < -0.4 is 5.32 Å². The van der Waals surface area contributed by atoms with E-state index in [0.29, 0.717) is 11.1 Å². The normalized spacial score (nSPS) is 17.8.